The maximum Gasteiger partial charge on any atom is 0.435 e. The van der Waals surface area contributed by atoms with E-state index in [-0.39, 0.29) is 24.1 Å². The van der Waals surface area contributed by atoms with E-state index in [0.29, 0.717) is 0 Å². The van der Waals surface area contributed by atoms with Crippen LogP contribution in [0.25, 0.3) is 0 Å². The third kappa shape index (κ3) is 2.25. The molecule has 2 unspecified atom stereocenters. The van der Waals surface area contributed by atoms with E-state index in [0.717, 1.165) is 24.3 Å². The van der Waals surface area contributed by atoms with Crippen molar-refractivity contribution < 1.29 is 27.6 Å². The quantitative estimate of drug-likeness (QED) is 0.518. The van der Waals surface area contributed by atoms with Crippen LogP contribution >= 0.6 is 0 Å². The van der Waals surface area contributed by atoms with Gasteiger partial charge < -0.3 is 9.53 Å². The second-order valence-electron chi connectivity index (χ2n) is 4.16. The number of hydrogen-bond donors (Lipinski definition) is 1. The number of nitro groups is 1. The lowest BCUT2D eigenvalue weighted by molar-refractivity contribution is -0.384. The molecule has 2 rings (SSSR count). The Morgan fingerprint density at radius 3 is 2.40 bits per heavy atom. The van der Waals surface area contributed by atoms with E-state index >= 15 is 0 Å². The molecular formula is C11H9F3N2O4. The number of rotatable bonds is 3. The molecule has 108 valence electrons. The molecular weight excluding hydrogens is 281 g/mol. The zero-order chi connectivity index (χ0) is 15.0. The minimum atomic E-state index is -4.82. The Kier molecular flexibility index (Phi) is 3.48. The van der Waals surface area contributed by atoms with E-state index in [1.807, 2.05) is 0 Å². The van der Waals surface area contributed by atoms with Crippen molar-refractivity contribution in [1.82, 2.24) is 5.32 Å². The van der Waals surface area contributed by atoms with Gasteiger partial charge in [-0.25, -0.2) is 0 Å². The molecule has 1 N–H and O–H groups in total. The number of nitrogens with zero attached hydrogens (tertiary/aromatic N) is 1. The van der Waals surface area contributed by atoms with Gasteiger partial charge in [0, 0.05) is 24.2 Å². The molecule has 1 saturated heterocycles. The van der Waals surface area contributed by atoms with Crippen molar-refractivity contribution in [2.75, 3.05) is 6.54 Å². The van der Waals surface area contributed by atoms with Gasteiger partial charge in [0.05, 0.1) is 4.92 Å². The number of non-ortho nitro benzene ring substituents is 1. The summed E-state index contributed by atoms with van der Waals surface area (Å²) in [5.41, 5.74) is -3.51. The van der Waals surface area contributed by atoms with Crippen LogP contribution in [0.3, 0.4) is 0 Å². The van der Waals surface area contributed by atoms with Gasteiger partial charge in [0.2, 0.25) is 5.72 Å². The highest BCUT2D eigenvalue weighted by Crippen LogP contribution is 2.43. The Labute approximate surface area is 110 Å². The fraction of sp³-hybridized carbons (Fsp3) is 0.364. The third-order valence-corrected chi connectivity index (χ3v) is 2.92. The molecule has 0 aromatic heterocycles. The first-order chi connectivity index (χ1) is 9.30. The average molecular weight is 290 g/mol. The van der Waals surface area contributed by atoms with Gasteiger partial charge in [-0.3, -0.25) is 15.4 Å². The van der Waals surface area contributed by atoms with E-state index in [4.69, 9.17) is 4.74 Å². The molecule has 1 aliphatic heterocycles. The summed E-state index contributed by atoms with van der Waals surface area (Å²) in [5, 5.41) is 12.6. The summed E-state index contributed by atoms with van der Waals surface area (Å²) in [6, 6.07) is 3.79. The topological polar surface area (TPSA) is 81.5 Å². The van der Waals surface area contributed by atoms with Gasteiger partial charge >= 0.3 is 6.18 Å². The van der Waals surface area contributed by atoms with Crippen LogP contribution in [0.2, 0.25) is 0 Å². The first-order valence-electron chi connectivity index (χ1n) is 5.50. The molecule has 0 aliphatic carbocycles. The molecule has 6 nitrogen and oxygen atoms in total. The molecule has 0 bridgehead atoms. The molecule has 20 heavy (non-hydrogen) atoms. The number of aldehydes is 1. The summed E-state index contributed by atoms with van der Waals surface area (Å²) >= 11 is 0. The fourth-order valence-electron chi connectivity index (χ4n) is 1.95. The largest absolute Gasteiger partial charge is 0.435 e. The predicted octanol–water partition coefficient (Wildman–Crippen LogP) is 1.50. The molecule has 0 radical (unpaired) electrons. The van der Waals surface area contributed by atoms with Gasteiger partial charge in [0.1, 0.15) is 12.4 Å². The molecule has 9 heteroatoms. The van der Waals surface area contributed by atoms with Crippen LogP contribution in [0.1, 0.15) is 5.56 Å². The number of carbonyl (C=O) groups excluding carboxylic acids is 1. The van der Waals surface area contributed by atoms with Crippen molar-refractivity contribution in [3.05, 3.63) is 39.9 Å². The molecule has 1 aromatic carbocycles. The lowest BCUT2D eigenvalue weighted by Crippen LogP contribution is -2.51. The normalized spacial score (nSPS) is 26.4. The van der Waals surface area contributed by atoms with E-state index in [1.54, 1.807) is 0 Å². The van der Waals surface area contributed by atoms with Crippen LogP contribution in [0, 0.1) is 10.1 Å². The minimum Gasteiger partial charge on any atom is -0.336 e. The zero-order valence-corrected chi connectivity index (χ0v) is 9.89. The number of carbonyl (C=O) groups is 1. The van der Waals surface area contributed by atoms with Crippen LogP contribution in [0.15, 0.2) is 24.3 Å². The van der Waals surface area contributed by atoms with Crippen molar-refractivity contribution in [1.29, 1.82) is 0 Å². The van der Waals surface area contributed by atoms with Crippen molar-refractivity contribution in [2.45, 2.75) is 18.0 Å². The summed E-state index contributed by atoms with van der Waals surface area (Å²) < 4.78 is 44.5. The number of nitrogens with one attached hydrogen (secondary N) is 1. The monoisotopic (exact) mass is 290 g/mol. The standard InChI is InChI=1S/C11H9F3N2O4/c12-11(13,14)10(15-5-9(6-17)20-10)7-1-3-8(4-2-7)16(18)19/h1-4,6,9,15H,5H2. The Bertz CT molecular complexity index is 531. The number of benzene rings is 1. The summed E-state index contributed by atoms with van der Waals surface area (Å²) in [4.78, 5) is 20.4. The van der Waals surface area contributed by atoms with Gasteiger partial charge in [0.15, 0.2) is 0 Å². The van der Waals surface area contributed by atoms with Crippen LogP contribution in [0.4, 0.5) is 18.9 Å². The van der Waals surface area contributed by atoms with Crippen LogP contribution < -0.4 is 5.32 Å². The molecule has 1 heterocycles. The molecule has 0 spiro atoms. The van der Waals surface area contributed by atoms with Crippen molar-refractivity contribution in [3.8, 4) is 0 Å². The minimum absolute atomic E-state index is 0.270. The zero-order valence-electron chi connectivity index (χ0n) is 9.89. The number of alkyl halides is 3. The highest BCUT2D eigenvalue weighted by Gasteiger charge is 2.61. The van der Waals surface area contributed by atoms with Crippen LogP contribution in [-0.4, -0.2) is 30.0 Å². The summed E-state index contributed by atoms with van der Waals surface area (Å²) in [6.07, 6.45) is -5.78. The maximum absolute atomic E-state index is 13.2. The summed E-state index contributed by atoms with van der Waals surface area (Å²) in [7, 11) is 0. The highest BCUT2D eigenvalue weighted by molar-refractivity contribution is 5.57. The molecule has 1 aliphatic rings. The van der Waals surface area contributed by atoms with E-state index in [2.05, 4.69) is 5.32 Å². The van der Waals surface area contributed by atoms with Gasteiger partial charge in [-0.2, -0.15) is 13.2 Å². The van der Waals surface area contributed by atoms with Gasteiger partial charge in [-0.05, 0) is 12.1 Å². The van der Waals surface area contributed by atoms with Gasteiger partial charge in [0.25, 0.3) is 5.69 Å². The molecule has 0 saturated carbocycles. The molecule has 2 atom stereocenters. The molecule has 1 aromatic rings. The Hall–Kier alpha value is -2.00. The predicted molar refractivity (Wildman–Crippen MR) is 59.8 cm³/mol. The fourth-order valence-corrected chi connectivity index (χ4v) is 1.95. The second-order valence-corrected chi connectivity index (χ2v) is 4.16. The number of ether oxygens (including phenoxy) is 1. The first kappa shape index (κ1) is 14.4. The SMILES string of the molecule is O=CC1CNC(c2ccc([N+](=O)[O-])cc2)(C(F)(F)F)O1. The smallest absolute Gasteiger partial charge is 0.336 e. The van der Waals surface area contributed by atoms with E-state index < -0.39 is 22.9 Å². The average Bonchev–Trinajstić information content (AvgIpc) is 2.84. The third-order valence-electron chi connectivity index (χ3n) is 2.92. The number of hydrogen-bond acceptors (Lipinski definition) is 5. The summed E-state index contributed by atoms with van der Waals surface area (Å²) in [5.74, 6) is 0. The molecule has 0 amide bonds. The Morgan fingerprint density at radius 2 is 2.00 bits per heavy atom. The van der Waals surface area contributed by atoms with Gasteiger partial charge in [-0.15, -0.1) is 0 Å². The van der Waals surface area contributed by atoms with Gasteiger partial charge in [-0.1, -0.05) is 0 Å². The van der Waals surface area contributed by atoms with Crippen molar-refractivity contribution in [3.63, 3.8) is 0 Å². The number of nitro benzene ring substituents is 1. The van der Waals surface area contributed by atoms with E-state index in [1.165, 1.54) is 0 Å². The first-order valence-corrected chi connectivity index (χ1v) is 5.50. The van der Waals surface area contributed by atoms with E-state index in [9.17, 15) is 28.1 Å². The summed E-state index contributed by atoms with van der Waals surface area (Å²) in [6.45, 7) is -0.292. The van der Waals surface area contributed by atoms with Crippen molar-refractivity contribution >= 4 is 12.0 Å². The highest BCUT2D eigenvalue weighted by atomic mass is 19.4. The molecule has 1 fully saturated rings. The Morgan fingerprint density at radius 1 is 1.40 bits per heavy atom. The number of halogens is 3. The van der Waals surface area contributed by atoms with Crippen LogP contribution in [-0.2, 0) is 15.3 Å². The van der Waals surface area contributed by atoms with Crippen molar-refractivity contribution in [2.24, 2.45) is 0 Å². The lowest BCUT2D eigenvalue weighted by atomic mass is 10.0. The Balaban J connectivity index is 2.43. The second kappa shape index (κ2) is 4.84. The maximum atomic E-state index is 13.2. The lowest BCUT2D eigenvalue weighted by Gasteiger charge is -2.31. The van der Waals surface area contributed by atoms with Crippen LogP contribution in [0.5, 0.6) is 0 Å².